The molecular weight excluding hydrogens is 531 g/mol. The van der Waals surface area contributed by atoms with E-state index in [1.807, 2.05) is 26.8 Å². The van der Waals surface area contributed by atoms with Gasteiger partial charge in [-0.25, -0.2) is 15.4 Å². The van der Waals surface area contributed by atoms with E-state index in [9.17, 15) is 4.79 Å². The predicted octanol–water partition coefficient (Wildman–Crippen LogP) is 6.27. The maximum absolute atomic E-state index is 12.1. The van der Waals surface area contributed by atoms with Gasteiger partial charge >= 0.3 is 0 Å². The maximum Gasteiger partial charge on any atom is 0.250 e. The van der Waals surface area contributed by atoms with Gasteiger partial charge in [0.1, 0.15) is 6.61 Å². The first-order chi connectivity index (χ1) is 16.7. The lowest BCUT2D eigenvalue weighted by atomic mass is 10.2. The fourth-order valence-corrected chi connectivity index (χ4v) is 4.43. The van der Waals surface area contributed by atoms with Gasteiger partial charge in [-0.3, -0.25) is 4.79 Å². The van der Waals surface area contributed by atoms with Crippen LogP contribution in [0.4, 0.5) is 0 Å². The Kier molecular flexibility index (Phi) is 10.0. The van der Waals surface area contributed by atoms with Gasteiger partial charge < -0.3 is 9.47 Å². The average molecular weight is 554 g/mol. The molecule has 1 aromatic heterocycles. The van der Waals surface area contributed by atoms with Crippen LogP contribution in [0.5, 0.6) is 11.5 Å². The molecule has 3 rings (SSSR count). The molecule has 0 bridgehead atoms. The number of nitrogens with one attached hydrogen (secondary N) is 1. The van der Waals surface area contributed by atoms with Crippen molar-refractivity contribution in [1.82, 2.24) is 15.4 Å². The molecule has 184 valence electrons. The third kappa shape index (κ3) is 8.28. The summed E-state index contributed by atoms with van der Waals surface area (Å²) in [5.41, 5.74) is 5.57. The van der Waals surface area contributed by atoms with Gasteiger partial charge in [-0.1, -0.05) is 52.6 Å². The quantitative estimate of drug-likeness (QED) is 0.138. The highest BCUT2D eigenvalue weighted by Crippen LogP contribution is 2.37. The Bertz CT molecular complexity index is 1220. The summed E-state index contributed by atoms with van der Waals surface area (Å²) < 4.78 is 11.6. The van der Waals surface area contributed by atoms with Crippen molar-refractivity contribution in [2.45, 2.75) is 32.5 Å². The Morgan fingerprint density at radius 3 is 2.49 bits per heavy atom. The number of hydrogen-bond acceptors (Lipinski definition) is 7. The Morgan fingerprint density at radius 2 is 1.80 bits per heavy atom. The topological polar surface area (TPSA) is 85.7 Å². The molecule has 0 spiro atoms. The molecule has 0 radical (unpaired) electrons. The van der Waals surface area contributed by atoms with Crippen LogP contribution in [-0.2, 0) is 11.4 Å². The molecule has 0 fully saturated rings. The Morgan fingerprint density at radius 1 is 1.06 bits per heavy atom. The Balaban J connectivity index is 1.63. The van der Waals surface area contributed by atoms with Crippen LogP contribution >= 0.6 is 46.6 Å². The summed E-state index contributed by atoms with van der Waals surface area (Å²) in [6.45, 7) is 6.21. The minimum atomic E-state index is -0.287. The maximum atomic E-state index is 12.1. The van der Waals surface area contributed by atoms with Crippen LogP contribution in [0.3, 0.4) is 0 Å². The van der Waals surface area contributed by atoms with Gasteiger partial charge in [-0.05, 0) is 56.7 Å². The van der Waals surface area contributed by atoms with Crippen LogP contribution in [0.1, 0.15) is 29.4 Å². The summed E-state index contributed by atoms with van der Waals surface area (Å²) in [5, 5.41) is 5.92. The second-order valence-corrected chi connectivity index (χ2v) is 9.50. The third-order valence-electron chi connectivity index (χ3n) is 4.42. The van der Waals surface area contributed by atoms with Crippen molar-refractivity contribution in [3.63, 3.8) is 0 Å². The van der Waals surface area contributed by atoms with Gasteiger partial charge in [0.15, 0.2) is 16.7 Å². The first kappa shape index (κ1) is 27.1. The van der Waals surface area contributed by atoms with Crippen molar-refractivity contribution < 1.29 is 14.3 Å². The largest absolute Gasteiger partial charge is 0.490 e. The van der Waals surface area contributed by atoms with Crippen molar-refractivity contribution >= 4 is 58.7 Å². The first-order valence-corrected chi connectivity index (χ1v) is 12.7. The number of rotatable bonds is 10. The molecule has 0 aliphatic rings. The molecule has 0 saturated carbocycles. The van der Waals surface area contributed by atoms with E-state index in [0.29, 0.717) is 43.9 Å². The zero-order valence-corrected chi connectivity index (χ0v) is 22.4. The summed E-state index contributed by atoms with van der Waals surface area (Å²) in [6.07, 6.45) is 1.48. The van der Waals surface area contributed by atoms with Crippen LogP contribution in [-0.4, -0.2) is 34.4 Å². The summed E-state index contributed by atoms with van der Waals surface area (Å²) >= 11 is 19.9. The van der Waals surface area contributed by atoms with Crippen LogP contribution in [0.25, 0.3) is 0 Å². The molecule has 3 aromatic rings. The molecule has 0 aliphatic carbocycles. The number of amides is 1. The summed E-state index contributed by atoms with van der Waals surface area (Å²) in [5.74, 6) is 0.668. The van der Waals surface area contributed by atoms with E-state index in [1.165, 1.54) is 18.0 Å². The number of carbonyl (C=O) groups excluding carboxylic acids is 1. The van der Waals surface area contributed by atoms with Crippen molar-refractivity contribution in [3.8, 4) is 11.5 Å². The summed E-state index contributed by atoms with van der Waals surface area (Å²) in [4.78, 5) is 20.7. The molecule has 7 nitrogen and oxygen atoms in total. The van der Waals surface area contributed by atoms with Crippen molar-refractivity contribution in [2.24, 2.45) is 5.10 Å². The van der Waals surface area contributed by atoms with Crippen LogP contribution in [0.15, 0.2) is 46.7 Å². The number of nitrogens with zero attached hydrogens (tertiary/aromatic N) is 3. The smallest absolute Gasteiger partial charge is 0.250 e. The highest BCUT2D eigenvalue weighted by molar-refractivity contribution is 7.99. The van der Waals surface area contributed by atoms with E-state index < -0.39 is 0 Å². The Hall–Kier alpha value is -2.52. The number of carbonyl (C=O) groups is 1. The van der Waals surface area contributed by atoms with Crippen molar-refractivity contribution in [3.05, 3.63) is 74.0 Å². The third-order valence-corrected chi connectivity index (χ3v) is 6.13. The zero-order valence-electron chi connectivity index (χ0n) is 19.3. The number of hydrogen-bond donors (Lipinski definition) is 1. The van der Waals surface area contributed by atoms with Crippen LogP contribution in [0.2, 0.25) is 15.1 Å². The fourth-order valence-electron chi connectivity index (χ4n) is 2.95. The van der Waals surface area contributed by atoms with E-state index in [0.717, 1.165) is 17.0 Å². The second-order valence-electron chi connectivity index (χ2n) is 7.30. The molecule has 0 atom stereocenters. The van der Waals surface area contributed by atoms with Gasteiger partial charge in [0.25, 0.3) is 5.91 Å². The second kappa shape index (κ2) is 13.0. The number of benzene rings is 2. The highest BCUT2D eigenvalue weighted by Gasteiger charge is 2.14. The monoisotopic (exact) mass is 552 g/mol. The van der Waals surface area contributed by atoms with Crippen molar-refractivity contribution in [1.29, 1.82) is 0 Å². The van der Waals surface area contributed by atoms with E-state index in [4.69, 9.17) is 44.3 Å². The first-order valence-electron chi connectivity index (χ1n) is 10.5. The lowest BCUT2D eigenvalue weighted by Gasteiger charge is -2.15. The summed E-state index contributed by atoms with van der Waals surface area (Å²) in [6, 6.07) is 10.4. The molecular formula is C24H23Cl3N4O3S. The molecule has 1 amide bonds. The number of halogens is 3. The predicted molar refractivity (Wildman–Crippen MR) is 141 cm³/mol. The minimum Gasteiger partial charge on any atom is -0.490 e. The molecule has 35 heavy (non-hydrogen) atoms. The van der Waals surface area contributed by atoms with E-state index in [1.54, 1.807) is 30.3 Å². The molecule has 1 heterocycles. The van der Waals surface area contributed by atoms with Gasteiger partial charge in [-0.15, -0.1) is 0 Å². The standard InChI is InChI=1S/C24H23Cl3N4O3S/c1-4-33-21-9-16(8-20(27)23(21)34-12-17-5-6-18(25)10-19(17)26)11-28-31-22(32)13-35-24-29-14(2)7-15(3)30-24/h5-11H,4,12-13H2,1-3H3,(H,31,32)/b28-11-. The molecule has 2 aromatic carbocycles. The van der Waals surface area contributed by atoms with Crippen molar-refractivity contribution in [2.75, 3.05) is 12.4 Å². The zero-order chi connectivity index (χ0) is 25.4. The summed E-state index contributed by atoms with van der Waals surface area (Å²) in [7, 11) is 0. The average Bonchev–Trinajstić information content (AvgIpc) is 2.78. The lowest BCUT2D eigenvalue weighted by molar-refractivity contribution is -0.118. The van der Waals surface area contributed by atoms with Gasteiger partial charge in [0.2, 0.25) is 0 Å². The lowest BCUT2D eigenvalue weighted by Crippen LogP contribution is -2.19. The van der Waals surface area contributed by atoms with E-state index >= 15 is 0 Å². The van der Waals surface area contributed by atoms with Gasteiger partial charge in [0, 0.05) is 27.0 Å². The van der Waals surface area contributed by atoms with Gasteiger partial charge in [0.05, 0.1) is 23.6 Å². The minimum absolute atomic E-state index is 0.130. The fraction of sp³-hybridized carbons (Fsp3) is 0.250. The number of aryl methyl sites for hydroxylation is 2. The molecule has 1 N–H and O–H groups in total. The number of hydrazone groups is 1. The number of ether oxygens (including phenoxy) is 2. The van der Waals surface area contributed by atoms with E-state index in [-0.39, 0.29) is 18.3 Å². The highest BCUT2D eigenvalue weighted by atomic mass is 35.5. The number of thioether (sulfide) groups is 1. The normalized spacial score (nSPS) is 11.0. The number of aromatic nitrogens is 2. The SMILES string of the molecule is CCOc1cc(/C=N\NC(=O)CSc2nc(C)cc(C)n2)cc(Cl)c1OCc1ccc(Cl)cc1Cl. The molecule has 0 unspecified atom stereocenters. The van der Waals surface area contributed by atoms with Crippen LogP contribution < -0.4 is 14.9 Å². The van der Waals surface area contributed by atoms with Crippen LogP contribution in [0, 0.1) is 13.8 Å². The Labute approximate surface area is 223 Å². The molecule has 0 saturated heterocycles. The molecule has 11 heteroatoms. The molecule has 0 aliphatic heterocycles. The van der Waals surface area contributed by atoms with E-state index in [2.05, 4.69) is 20.5 Å². The van der Waals surface area contributed by atoms with Gasteiger partial charge in [-0.2, -0.15) is 5.10 Å².